The maximum Gasteiger partial charge on any atom is 0.191 e. The van der Waals surface area contributed by atoms with E-state index in [0.29, 0.717) is 0 Å². The van der Waals surface area contributed by atoms with Crippen LogP contribution in [0.1, 0.15) is 38.2 Å². The van der Waals surface area contributed by atoms with Crippen LogP contribution in [-0.4, -0.2) is 29.3 Å². The summed E-state index contributed by atoms with van der Waals surface area (Å²) in [5.41, 5.74) is 1.16. The lowest BCUT2D eigenvalue weighted by Crippen LogP contribution is -2.37. The van der Waals surface area contributed by atoms with Crippen molar-refractivity contribution in [3.63, 3.8) is 0 Å². The van der Waals surface area contributed by atoms with Gasteiger partial charge < -0.3 is 10.6 Å². The largest absolute Gasteiger partial charge is 0.356 e. The van der Waals surface area contributed by atoms with Gasteiger partial charge in [0.05, 0.1) is 6.20 Å². The number of hydrogen-bond acceptors (Lipinski definition) is 2. The number of aryl methyl sites for hydroxylation is 1. The Hall–Kier alpha value is -1.52. The van der Waals surface area contributed by atoms with E-state index in [2.05, 4.69) is 27.6 Å². The van der Waals surface area contributed by atoms with Crippen LogP contribution in [0.5, 0.6) is 0 Å². The molecule has 0 bridgehead atoms. The maximum absolute atomic E-state index is 4.19. The molecule has 0 amide bonds. The highest BCUT2D eigenvalue weighted by atomic mass is 15.2. The van der Waals surface area contributed by atoms with Gasteiger partial charge in [0.2, 0.25) is 0 Å². The van der Waals surface area contributed by atoms with Gasteiger partial charge in [-0.1, -0.05) is 26.2 Å². The first-order chi connectivity index (χ1) is 8.76. The topological polar surface area (TPSA) is 54.2 Å². The number of rotatable bonds is 7. The zero-order valence-corrected chi connectivity index (χ0v) is 11.7. The lowest BCUT2D eigenvalue weighted by molar-refractivity contribution is 0.647. The molecule has 1 heterocycles. The van der Waals surface area contributed by atoms with E-state index in [1.54, 1.807) is 11.7 Å². The lowest BCUT2D eigenvalue weighted by Gasteiger charge is -2.10. The third-order valence-electron chi connectivity index (χ3n) is 2.76. The van der Waals surface area contributed by atoms with Crippen LogP contribution < -0.4 is 10.6 Å². The van der Waals surface area contributed by atoms with E-state index in [1.807, 2.05) is 19.4 Å². The van der Waals surface area contributed by atoms with E-state index in [-0.39, 0.29) is 0 Å². The van der Waals surface area contributed by atoms with Gasteiger partial charge in [0.1, 0.15) is 0 Å². The van der Waals surface area contributed by atoms with Gasteiger partial charge in [0, 0.05) is 38.9 Å². The van der Waals surface area contributed by atoms with Crippen molar-refractivity contribution in [2.75, 3.05) is 13.6 Å². The molecule has 0 saturated heterocycles. The molecular formula is C13H25N5. The van der Waals surface area contributed by atoms with Crippen molar-refractivity contribution in [2.45, 2.75) is 39.2 Å². The first-order valence-electron chi connectivity index (χ1n) is 6.68. The van der Waals surface area contributed by atoms with Crippen LogP contribution in [0.3, 0.4) is 0 Å². The molecule has 0 spiro atoms. The van der Waals surface area contributed by atoms with Crippen molar-refractivity contribution in [1.29, 1.82) is 0 Å². The van der Waals surface area contributed by atoms with Gasteiger partial charge >= 0.3 is 0 Å². The van der Waals surface area contributed by atoms with E-state index in [0.717, 1.165) is 24.6 Å². The Kier molecular flexibility index (Phi) is 6.91. The van der Waals surface area contributed by atoms with Crippen LogP contribution >= 0.6 is 0 Å². The number of unbranched alkanes of at least 4 members (excludes halogenated alkanes) is 3. The monoisotopic (exact) mass is 251 g/mol. The second kappa shape index (κ2) is 8.55. The Morgan fingerprint density at radius 2 is 2.17 bits per heavy atom. The molecule has 0 atom stereocenters. The zero-order valence-electron chi connectivity index (χ0n) is 11.7. The summed E-state index contributed by atoms with van der Waals surface area (Å²) in [5, 5.41) is 10.7. The summed E-state index contributed by atoms with van der Waals surface area (Å²) in [6.07, 6.45) is 8.92. The molecule has 1 rings (SSSR count). The van der Waals surface area contributed by atoms with Gasteiger partial charge in [-0.15, -0.1) is 0 Å². The van der Waals surface area contributed by atoms with Crippen LogP contribution in [-0.2, 0) is 13.6 Å². The molecule has 0 fully saturated rings. The molecular weight excluding hydrogens is 226 g/mol. The van der Waals surface area contributed by atoms with Crippen molar-refractivity contribution in [3.8, 4) is 0 Å². The molecule has 0 aromatic carbocycles. The van der Waals surface area contributed by atoms with Crippen molar-refractivity contribution in [3.05, 3.63) is 18.0 Å². The molecule has 5 heteroatoms. The molecule has 5 nitrogen and oxygen atoms in total. The smallest absolute Gasteiger partial charge is 0.191 e. The van der Waals surface area contributed by atoms with Crippen LogP contribution in [0.15, 0.2) is 17.4 Å². The van der Waals surface area contributed by atoms with Crippen molar-refractivity contribution in [2.24, 2.45) is 12.0 Å². The third kappa shape index (κ3) is 5.70. The normalized spacial score (nSPS) is 11.6. The van der Waals surface area contributed by atoms with Gasteiger partial charge in [-0.2, -0.15) is 5.10 Å². The first kappa shape index (κ1) is 14.5. The average molecular weight is 251 g/mol. The van der Waals surface area contributed by atoms with Crippen molar-refractivity contribution >= 4 is 5.96 Å². The lowest BCUT2D eigenvalue weighted by atomic mass is 10.2. The van der Waals surface area contributed by atoms with Gasteiger partial charge in [-0.05, 0) is 6.42 Å². The number of guanidine groups is 1. The number of hydrogen-bond donors (Lipinski definition) is 2. The van der Waals surface area contributed by atoms with Gasteiger partial charge in [-0.25, -0.2) is 0 Å². The van der Waals surface area contributed by atoms with Crippen LogP contribution in [0.25, 0.3) is 0 Å². The van der Waals surface area contributed by atoms with E-state index < -0.39 is 0 Å². The minimum Gasteiger partial charge on any atom is -0.356 e. The minimum atomic E-state index is 0.752. The summed E-state index contributed by atoms with van der Waals surface area (Å²) in [4.78, 5) is 4.19. The summed E-state index contributed by atoms with van der Waals surface area (Å²) >= 11 is 0. The van der Waals surface area contributed by atoms with Crippen molar-refractivity contribution < 1.29 is 0 Å². The average Bonchev–Trinajstić information content (AvgIpc) is 2.78. The SMILES string of the molecule is CCCCCCNC(=NC)NCc1cnn(C)c1. The number of nitrogens with one attached hydrogen (secondary N) is 2. The van der Waals surface area contributed by atoms with E-state index in [1.165, 1.54) is 25.7 Å². The van der Waals surface area contributed by atoms with Crippen LogP contribution in [0.4, 0.5) is 0 Å². The fourth-order valence-corrected chi connectivity index (χ4v) is 1.73. The van der Waals surface area contributed by atoms with Crippen molar-refractivity contribution in [1.82, 2.24) is 20.4 Å². The Balaban J connectivity index is 2.18. The van der Waals surface area contributed by atoms with Gasteiger partial charge in [-0.3, -0.25) is 9.67 Å². The van der Waals surface area contributed by atoms with Crippen LogP contribution in [0, 0.1) is 0 Å². The molecule has 0 saturated carbocycles. The molecule has 1 aromatic rings. The van der Waals surface area contributed by atoms with Gasteiger partial charge in [0.25, 0.3) is 0 Å². The molecule has 18 heavy (non-hydrogen) atoms. The summed E-state index contributed by atoms with van der Waals surface area (Å²) in [7, 11) is 3.72. The predicted molar refractivity (Wildman–Crippen MR) is 75.6 cm³/mol. The molecule has 0 aliphatic heterocycles. The second-order valence-electron chi connectivity index (χ2n) is 4.44. The Morgan fingerprint density at radius 1 is 1.33 bits per heavy atom. The highest BCUT2D eigenvalue weighted by molar-refractivity contribution is 5.79. The highest BCUT2D eigenvalue weighted by Gasteiger charge is 1.99. The fourth-order valence-electron chi connectivity index (χ4n) is 1.73. The molecule has 0 unspecified atom stereocenters. The Bertz CT molecular complexity index is 356. The fraction of sp³-hybridized carbons (Fsp3) is 0.692. The predicted octanol–water partition coefficient (Wildman–Crippen LogP) is 1.67. The summed E-state index contributed by atoms with van der Waals surface area (Å²) in [6, 6.07) is 0. The summed E-state index contributed by atoms with van der Waals surface area (Å²) in [5.74, 6) is 0.857. The minimum absolute atomic E-state index is 0.752. The Morgan fingerprint density at radius 3 is 2.78 bits per heavy atom. The Labute approximate surface area is 110 Å². The number of aromatic nitrogens is 2. The zero-order chi connectivity index (χ0) is 13.2. The highest BCUT2D eigenvalue weighted by Crippen LogP contribution is 1.97. The van der Waals surface area contributed by atoms with E-state index in [9.17, 15) is 0 Å². The summed E-state index contributed by atoms with van der Waals surface area (Å²) < 4.78 is 1.80. The van der Waals surface area contributed by atoms with E-state index in [4.69, 9.17) is 0 Å². The molecule has 2 N–H and O–H groups in total. The third-order valence-corrected chi connectivity index (χ3v) is 2.76. The second-order valence-corrected chi connectivity index (χ2v) is 4.44. The number of aliphatic imine (C=N–C) groups is 1. The molecule has 0 radical (unpaired) electrons. The maximum atomic E-state index is 4.19. The van der Waals surface area contributed by atoms with Crippen LogP contribution in [0.2, 0.25) is 0 Å². The molecule has 0 aliphatic carbocycles. The first-order valence-corrected chi connectivity index (χ1v) is 6.68. The van der Waals surface area contributed by atoms with Gasteiger partial charge in [0.15, 0.2) is 5.96 Å². The molecule has 1 aromatic heterocycles. The molecule has 0 aliphatic rings. The van der Waals surface area contributed by atoms with E-state index >= 15 is 0 Å². The molecule has 102 valence electrons. The summed E-state index contributed by atoms with van der Waals surface area (Å²) in [6.45, 7) is 3.96. The quantitative estimate of drug-likeness (QED) is 0.440. The number of nitrogens with zero attached hydrogens (tertiary/aromatic N) is 3. The standard InChI is InChI=1S/C13H25N5/c1-4-5-6-7-8-15-13(14-2)16-9-12-10-17-18(3)11-12/h10-11H,4-9H2,1-3H3,(H2,14,15,16).